The molecule has 3 aromatic rings. The first kappa shape index (κ1) is 37.3. The van der Waals surface area contributed by atoms with Gasteiger partial charge in [-0.1, -0.05) is 54.6 Å². The topological polar surface area (TPSA) is 217 Å². The summed E-state index contributed by atoms with van der Waals surface area (Å²) in [5, 5.41) is 0. The first-order valence-electron chi connectivity index (χ1n) is 8.54. The minimum Gasteiger partial charge on any atom is -0.780 e. The molecule has 3 aromatic carbocycles. The molecule has 2 radical (unpaired) electrons. The summed E-state index contributed by atoms with van der Waals surface area (Å²) in [6.07, 6.45) is 0. The Morgan fingerprint density at radius 3 is 0.714 bits per heavy atom. The minimum atomic E-state index is -4.89. The molecule has 0 fully saturated rings. The van der Waals surface area contributed by atoms with Gasteiger partial charge in [0.05, 0.1) is 0 Å². The molecule has 0 aromatic heterocycles. The fraction of sp³-hybridized carbons (Fsp3) is 0. The molecule has 190 valence electrons. The number of hydrogen-bond acceptors (Lipinski definition) is 12. The van der Waals surface area contributed by atoms with E-state index in [2.05, 4.69) is 13.6 Å². The predicted molar refractivity (Wildman–Crippen MR) is 104 cm³/mol. The molecular weight excluding hydrogens is 816 g/mol. The quantitative estimate of drug-likeness (QED) is 0.292. The van der Waals surface area contributed by atoms with Crippen LogP contribution in [0.5, 0.6) is 17.2 Å². The van der Waals surface area contributed by atoms with Gasteiger partial charge in [0, 0.05) is 0 Å². The Balaban J connectivity index is 0. The summed E-state index contributed by atoms with van der Waals surface area (Å²) >= 11 is 0. The third-order valence-corrected chi connectivity index (χ3v) is 4.18. The summed E-state index contributed by atoms with van der Waals surface area (Å²) in [4.78, 5) is 60.3. The van der Waals surface area contributed by atoms with E-state index in [0.29, 0.717) is 0 Å². The number of rotatable bonds is 6. The zero-order chi connectivity index (χ0) is 25.0. The molecule has 12 nitrogen and oxygen atoms in total. The largest absolute Gasteiger partial charge is 3.00 e. The van der Waals surface area contributed by atoms with E-state index in [1.165, 1.54) is 36.4 Å². The van der Waals surface area contributed by atoms with Crippen molar-refractivity contribution in [3.05, 3.63) is 91.0 Å². The summed E-state index contributed by atoms with van der Waals surface area (Å²) in [5.74, 6) is 0.127. The van der Waals surface area contributed by atoms with Gasteiger partial charge in [0.15, 0.2) is 0 Å². The Labute approximate surface area is 265 Å². The summed E-state index contributed by atoms with van der Waals surface area (Å²) in [7, 11) is -14.7. The monoisotopic (exact) mass is 832 g/mol. The van der Waals surface area contributed by atoms with Gasteiger partial charge in [0.25, 0.3) is 0 Å². The average molecular weight is 831 g/mol. The van der Waals surface area contributed by atoms with Crippen LogP contribution in [-0.4, -0.2) is 0 Å². The van der Waals surface area contributed by atoms with Crippen LogP contribution >= 0.6 is 23.5 Å². The molecule has 0 N–H and O–H groups in total. The number of phosphoric acid groups is 3. The SMILES string of the molecule is O=P([O-])([O-])Oc1ccccc1.O=P([O-])([O-])Oc1ccccc1.O=P([O-])([O-])Oc1ccccc1.[Gd+3].[Gd+3]. The van der Waals surface area contributed by atoms with Crippen molar-refractivity contribution in [2.24, 2.45) is 0 Å². The maximum atomic E-state index is 10.1. The smallest absolute Gasteiger partial charge is 0.780 e. The molecule has 0 amide bonds. The van der Waals surface area contributed by atoms with Crippen LogP contribution < -0.4 is 42.9 Å². The van der Waals surface area contributed by atoms with E-state index in [4.69, 9.17) is 0 Å². The van der Waals surface area contributed by atoms with E-state index in [0.717, 1.165) is 0 Å². The molecule has 0 aliphatic heterocycles. The molecule has 0 saturated carbocycles. The van der Waals surface area contributed by atoms with Crippen LogP contribution in [0.4, 0.5) is 0 Å². The van der Waals surface area contributed by atoms with Crippen molar-refractivity contribution in [3.8, 4) is 17.2 Å². The van der Waals surface area contributed by atoms with Gasteiger partial charge in [-0.15, -0.1) is 0 Å². The van der Waals surface area contributed by atoms with E-state index >= 15 is 0 Å². The summed E-state index contributed by atoms with van der Waals surface area (Å²) in [6, 6.07) is 22.9. The predicted octanol–water partition coefficient (Wildman–Crippen LogP) is -0.318. The third-order valence-electron chi connectivity index (χ3n) is 2.88. The van der Waals surface area contributed by atoms with Crippen molar-refractivity contribution in [1.82, 2.24) is 0 Å². The Morgan fingerprint density at radius 2 is 0.571 bits per heavy atom. The molecule has 0 heterocycles. The molecule has 0 aliphatic rings. The summed E-state index contributed by atoms with van der Waals surface area (Å²) in [5.41, 5.74) is 0. The second-order valence-electron chi connectivity index (χ2n) is 5.55. The average Bonchev–Trinajstić information content (AvgIpc) is 2.67. The molecule has 17 heteroatoms. The van der Waals surface area contributed by atoms with Crippen molar-refractivity contribution in [2.45, 2.75) is 0 Å². The van der Waals surface area contributed by atoms with Crippen molar-refractivity contribution in [1.29, 1.82) is 0 Å². The molecule has 35 heavy (non-hydrogen) atoms. The van der Waals surface area contributed by atoms with Gasteiger partial charge < -0.3 is 56.6 Å². The third kappa shape index (κ3) is 23.0. The van der Waals surface area contributed by atoms with E-state index in [1.807, 2.05) is 0 Å². The van der Waals surface area contributed by atoms with E-state index in [9.17, 15) is 43.1 Å². The number of phosphoric ester groups is 3. The zero-order valence-corrected chi connectivity index (χ0v) is 24.3. The van der Waals surface area contributed by atoms with Crippen LogP contribution in [0.15, 0.2) is 91.0 Å². The van der Waals surface area contributed by atoms with Crippen molar-refractivity contribution in [3.63, 3.8) is 0 Å². The van der Waals surface area contributed by atoms with Gasteiger partial charge in [-0.25, -0.2) is 0 Å². The van der Waals surface area contributed by atoms with Crippen LogP contribution in [0.25, 0.3) is 0 Å². The van der Waals surface area contributed by atoms with Gasteiger partial charge >= 0.3 is 79.9 Å². The van der Waals surface area contributed by atoms with Gasteiger partial charge in [-0.2, -0.15) is 0 Å². The standard InChI is InChI=1S/3C6H7O4P.2Gd/c3*7-11(8,9)10-6-4-2-1-3-5-6;;/h3*1-5H,(H2,7,8,9);;/q;;;2*+3/p-6. The molecule has 3 rings (SSSR count). The zero-order valence-electron chi connectivity index (χ0n) is 17.1. The summed E-state index contributed by atoms with van der Waals surface area (Å²) in [6.45, 7) is 0. The fourth-order valence-electron chi connectivity index (χ4n) is 1.83. The summed E-state index contributed by atoms with van der Waals surface area (Å²) < 4.78 is 42.3. The maximum Gasteiger partial charge on any atom is 3.00 e. The van der Waals surface area contributed by atoms with Gasteiger partial charge in [-0.05, 0) is 36.4 Å². The molecule has 0 saturated heterocycles. The van der Waals surface area contributed by atoms with Gasteiger partial charge in [-0.3, -0.25) is 0 Å². The fourth-order valence-corrected chi connectivity index (χ4v) is 2.97. The Bertz CT molecular complexity index is 948. The molecule has 0 bridgehead atoms. The number of para-hydroxylation sites is 3. The second kappa shape index (κ2) is 18.4. The van der Waals surface area contributed by atoms with E-state index in [-0.39, 0.29) is 97.1 Å². The first-order valence-corrected chi connectivity index (χ1v) is 12.9. The molecule has 0 aliphatic carbocycles. The van der Waals surface area contributed by atoms with E-state index in [1.54, 1.807) is 54.6 Å². The maximum absolute atomic E-state index is 10.1. The van der Waals surface area contributed by atoms with Crippen molar-refractivity contribution < 1.29 is 137 Å². The Kier molecular flexibility index (Phi) is 19.6. The minimum absolute atomic E-state index is 0. The molecule has 0 unspecified atom stereocenters. The molecule has 0 spiro atoms. The van der Waals surface area contributed by atoms with Crippen LogP contribution in [0.2, 0.25) is 0 Å². The van der Waals surface area contributed by atoms with Gasteiger partial charge in [0.2, 0.25) is 0 Å². The van der Waals surface area contributed by atoms with Crippen LogP contribution in [0.1, 0.15) is 0 Å². The normalized spacial score (nSPS) is 10.5. The van der Waals surface area contributed by atoms with E-state index < -0.39 is 23.5 Å². The Morgan fingerprint density at radius 1 is 0.400 bits per heavy atom. The van der Waals surface area contributed by atoms with Crippen LogP contribution in [-0.2, 0) is 13.7 Å². The van der Waals surface area contributed by atoms with Crippen molar-refractivity contribution in [2.75, 3.05) is 0 Å². The second-order valence-corrected chi connectivity index (χ2v) is 8.79. The number of hydrogen-bond donors (Lipinski definition) is 0. The molecular formula is C18H15Gd2O12P3. The number of benzene rings is 3. The first-order chi connectivity index (χ1) is 15.2. The van der Waals surface area contributed by atoms with Gasteiger partial charge in [0.1, 0.15) is 40.7 Å². The van der Waals surface area contributed by atoms with Crippen LogP contribution in [0.3, 0.4) is 0 Å². The Hall–Kier alpha value is 0.159. The molecule has 0 atom stereocenters. The van der Waals surface area contributed by atoms with Crippen molar-refractivity contribution >= 4 is 23.5 Å². The van der Waals surface area contributed by atoms with Crippen LogP contribution in [0, 0.1) is 79.9 Å².